The molecule has 2 aromatic rings. The molecule has 7 heteroatoms. The zero-order chi connectivity index (χ0) is 23.3. The Hall–Kier alpha value is -3.19. The second-order valence-corrected chi connectivity index (χ2v) is 9.98. The van der Waals surface area contributed by atoms with E-state index in [0.717, 1.165) is 23.4 Å². The Kier molecular flexibility index (Phi) is 5.24. The minimum absolute atomic E-state index is 0.0617. The molecule has 1 N–H and O–H groups in total. The normalized spacial score (nSPS) is 24.6. The SMILES string of the molecule is CC(C)(C)OC(=O)[C@@H]1CCCN1CN1C(=O)C(C2Nc3ccccc3C2=O)c2ccccc21. The van der Waals surface area contributed by atoms with Crippen molar-refractivity contribution in [3.05, 3.63) is 59.7 Å². The molecular formula is C26H29N3O4. The van der Waals surface area contributed by atoms with Gasteiger partial charge in [0, 0.05) is 23.5 Å². The molecule has 5 rings (SSSR count). The molecule has 0 radical (unpaired) electrons. The van der Waals surface area contributed by atoms with Crippen LogP contribution in [0.2, 0.25) is 0 Å². The quantitative estimate of drug-likeness (QED) is 0.722. The lowest BCUT2D eigenvalue weighted by atomic mass is 9.90. The number of nitrogens with zero attached hydrogens (tertiary/aromatic N) is 2. The van der Waals surface area contributed by atoms with Crippen LogP contribution in [0.3, 0.4) is 0 Å². The molecule has 0 aliphatic carbocycles. The number of hydrogen-bond acceptors (Lipinski definition) is 6. The molecule has 3 heterocycles. The lowest BCUT2D eigenvalue weighted by Crippen LogP contribution is -2.48. The van der Waals surface area contributed by atoms with Gasteiger partial charge in [-0.3, -0.25) is 24.2 Å². The Morgan fingerprint density at radius 1 is 1.09 bits per heavy atom. The standard InChI is InChI=1S/C26H29N3O4/c1-26(2,3)33-25(32)20-13-8-14-28(20)15-29-19-12-7-5-10-17(19)21(24(29)31)22-23(30)16-9-4-6-11-18(16)27-22/h4-7,9-12,20-22,27H,8,13-15H2,1-3H3/t20-,21?,22?/m0/s1. The van der Waals surface area contributed by atoms with Gasteiger partial charge in [0.2, 0.25) is 5.91 Å². The summed E-state index contributed by atoms with van der Waals surface area (Å²) in [7, 11) is 0. The van der Waals surface area contributed by atoms with Crippen molar-refractivity contribution in [3.63, 3.8) is 0 Å². The van der Waals surface area contributed by atoms with Crippen LogP contribution in [-0.2, 0) is 14.3 Å². The van der Waals surface area contributed by atoms with Gasteiger partial charge in [0.15, 0.2) is 5.78 Å². The second kappa shape index (κ2) is 7.99. The molecule has 3 aliphatic rings. The number of nitrogens with one attached hydrogen (secondary N) is 1. The van der Waals surface area contributed by atoms with Gasteiger partial charge < -0.3 is 10.1 Å². The zero-order valence-corrected chi connectivity index (χ0v) is 19.2. The molecule has 172 valence electrons. The van der Waals surface area contributed by atoms with Gasteiger partial charge in [-0.05, 0) is 57.4 Å². The lowest BCUT2D eigenvalue weighted by Gasteiger charge is -2.31. The number of ether oxygens (including phenoxy) is 1. The summed E-state index contributed by atoms with van der Waals surface area (Å²) in [6.45, 7) is 6.59. The van der Waals surface area contributed by atoms with Crippen molar-refractivity contribution >= 4 is 29.0 Å². The van der Waals surface area contributed by atoms with E-state index in [4.69, 9.17) is 4.74 Å². The second-order valence-electron chi connectivity index (χ2n) is 9.98. The fourth-order valence-electron chi connectivity index (χ4n) is 5.16. The number of carbonyl (C=O) groups excluding carboxylic acids is 3. The van der Waals surface area contributed by atoms with E-state index in [-0.39, 0.29) is 23.7 Å². The van der Waals surface area contributed by atoms with E-state index >= 15 is 0 Å². The first-order chi connectivity index (χ1) is 15.7. The van der Waals surface area contributed by atoms with Crippen LogP contribution >= 0.6 is 0 Å². The Morgan fingerprint density at radius 3 is 2.58 bits per heavy atom. The summed E-state index contributed by atoms with van der Waals surface area (Å²) in [6, 6.07) is 14.0. The number of amides is 1. The summed E-state index contributed by atoms with van der Waals surface area (Å²) < 4.78 is 5.63. The molecule has 2 unspecified atom stereocenters. The molecule has 0 bridgehead atoms. The van der Waals surface area contributed by atoms with Crippen LogP contribution in [0.1, 0.15) is 55.5 Å². The first-order valence-corrected chi connectivity index (χ1v) is 11.5. The molecule has 0 saturated carbocycles. The number of esters is 1. The number of ketones is 1. The highest BCUT2D eigenvalue weighted by Crippen LogP contribution is 2.43. The van der Waals surface area contributed by atoms with E-state index in [1.54, 1.807) is 11.0 Å². The minimum Gasteiger partial charge on any atom is -0.459 e. The molecule has 0 aromatic heterocycles. The van der Waals surface area contributed by atoms with Crippen molar-refractivity contribution < 1.29 is 19.1 Å². The van der Waals surface area contributed by atoms with E-state index in [9.17, 15) is 14.4 Å². The highest BCUT2D eigenvalue weighted by molar-refractivity contribution is 6.16. The monoisotopic (exact) mass is 447 g/mol. The number of likely N-dealkylation sites (tertiary alicyclic amines) is 1. The average molecular weight is 448 g/mol. The van der Waals surface area contributed by atoms with Crippen LogP contribution in [0.4, 0.5) is 11.4 Å². The predicted molar refractivity (Wildman–Crippen MR) is 125 cm³/mol. The van der Waals surface area contributed by atoms with Gasteiger partial charge in [0.1, 0.15) is 17.7 Å². The summed E-state index contributed by atoms with van der Waals surface area (Å²) in [6.07, 6.45) is 1.58. The van der Waals surface area contributed by atoms with Crippen LogP contribution < -0.4 is 10.2 Å². The largest absolute Gasteiger partial charge is 0.459 e. The maximum atomic E-state index is 13.7. The van der Waals surface area contributed by atoms with Crippen molar-refractivity contribution in [3.8, 4) is 0 Å². The number of Topliss-reactive ketones (excluding diaryl/α,β-unsaturated/α-hetero) is 1. The zero-order valence-electron chi connectivity index (χ0n) is 19.2. The van der Waals surface area contributed by atoms with E-state index in [2.05, 4.69) is 5.32 Å². The number of hydrogen-bond donors (Lipinski definition) is 1. The third-order valence-corrected chi connectivity index (χ3v) is 6.58. The fourth-order valence-corrected chi connectivity index (χ4v) is 5.16. The summed E-state index contributed by atoms with van der Waals surface area (Å²) in [5.74, 6) is -1.04. The van der Waals surface area contributed by atoms with Crippen LogP contribution in [0.25, 0.3) is 0 Å². The van der Waals surface area contributed by atoms with Gasteiger partial charge in [0.25, 0.3) is 0 Å². The van der Waals surface area contributed by atoms with E-state index in [1.807, 2.05) is 68.1 Å². The predicted octanol–water partition coefficient (Wildman–Crippen LogP) is 3.56. The van der Waals surface area contributed by atoms with Crippen molar-refractivity contribution in [1.82, 2.24) is 4.90 Å². The van der Waals surface area contributed by atoms with Gasteiger partial charge in [-0.25, -0.2) is 0 Å². The maximum absolute atomic E-state index is 13.7. The van der Waals surface area contributed by atoms with Gasteiger partial charge in [-0.2, -0.15) is 0 Å². The molecule has 0 spiro atoms. The first kappa shape index (κ1) is 21.6. The van der Waals surface area contributed by atoms with Gasteiger partial charge in [-0.15, -0.1) is 0 Å². The van der Waals surface area contributed by atoms with Gasteiger partial charge in [0.05, 0.1) is 12.6 Å². The lowest BCUT2D eigenvalue weighted by molar-refractivity contribution is -0.160. The van der Waals surface area contributed by atoms with Crippen molar-refractivity contribution in [2.24, 2.45) is 0 Å². The molecule has 1 amide bonds. The van der Waals surface area contributed by atoms with Crippen molar-refractivity contribution in [2.45, 2.75) is 57.2 Å². The molecule has 1 fully saturated rings. The van der Waals surface area contributed by atoms with Crippen LogP contribution in [0, 0.1) is 0 Å². The maximum Gasteiger partial charge on any atom is 0.323 e. The molecule has 1 saturated heterocycles. The molecular weight excluding hydrogens is 418 g/mol. The van der Waals surface area contributed by atoms with Crippen LogP contribution in [-0.4, -0.2) is 53.5 Å². The van der Waals surface area contributed by atoms with E-state index < -0.39 is 17.6 Å². The van der Waals surface area contributed by atoms with Crippen molar-refractivity contribution in [1.29, 1.82) is 0 Å². The first-order valence-electron chi connectivity index (χ1n) is 11.5. The third kappa shape index (κ3) is 3.80. The topological polar surface area (TPSA) is 79.0 Å². The highest BCUT2D eigenvalue weighted by Gasteiger charge is 2.48. The van der Waals surface area contributed by atoms with E-state index in [0.29, 0.717) is 25.2 Å². The number of rotatable bonds is 4. The Morgan fingerprint density at radius 2 is 1.82 bits per heavy atom. The number of carbonyl (C=O) groups is 3. The smallest absolute Gasteiger partial charge is 0.323 e. The van der Waals surface area contributed by atoms with Gasteiger partial charge in [-0.1, -0.05) is 30.3 Å². The third-order valence-electron chi connectivity index (χ3n) is 6.58. The summed E-state index contributed by atoms with van der Waals surface area (Å²) >= 11 is 0. The number of fused-ring (bicyclic) bond motifs is 2. The minimum atomic E-state index is -0.638. The molecule has 3 aliphatic heterocycles. The van der Waals surface area contributed by atoms with Crippen molar-refractivity contribution in [2.75, 3.05) is 23.4 Å². The molecule has 2 aromatic carbocycles. The summed E-state index contributed by atoms with van der Waals surface area (Å²) in [5.41, 5.74) is 2.47. The average Bonchev–Trinajstić information content (AvgIpc) is 3.43. The summed E-state index contributed by atoms with van der Waals surface area (Å²) in [5, 5.41) is 3.28. The van der Waals surface area contributed by atoms with Crippen LogP contribution in [0.15, 0.2) is 48.5 Å². The highest BCUT2D eigenvalue weighted by atomic mass is 16.6. The Balaban J connectivity index is 1.41. The number of benzene rings is 2. The molecule has 3 atom stereocenters. The Bertz CT molecular complexity index is 1120. The summed E-state index contributed by atoms with van der Waals surface area (Å²) in [4.78, 5) is 43.4. The molecule has 33 heavy (non-hydrogen) atoms. The Labute approximate surface area is 193 Å². The van der Waals surface area contributed by atoms with E-state index in [1.165, 1.54) is 0 Å². The van der Waals surface area contributed by atoms with Crippen LogP contribution in [0.5, 0.6) is 0 Å². The number of para-hydroxylation sites is 2. The van der Waals surface area contributed by atoms with Gasteiger partial charge >= 0.3 is 5.97 Å². The fraction of sp³-hybridized carbons (Fsp3) is 0.423. The number of anilines is 2. The molecule has 7 nitrogen and oxygen atoms in total.